The molecule has 1 unspecified atom stereocenters. The zero-order chi connectivity index (χ0) is 15.9. The third kappa shape index (κ3) is 6.76. The van der Waals surface area contributed by atoms with E-state index in [1.54, 1.807) is 0 Å². The van der Waals surface area contributed by atoms with Crippen LogP contribution in [0.5, 0.6) is 0 Å². The van der Waals surface area contributed by atoms with Crippen molar-refractivity contribution < 1.29 is 9.90 Å². The summed E-state index contributed by atoms with van der Waals surface area (Å²) in [6.07, 6.45) is 3.14. The molecule has 1 rings (SSSR count). The van der Waals surface area contributed by atoms with E-state index in [0.29, 0.717) is 0 Å². The van der Waals surface area contributed by atoms with Crippen LogP contribution in [0.25, 0.3) is 0 Å². The van der Waals surface area contributed by atoms with Gasteiger partial charge in [0.2, 0.25) is 0 Å². The molecular weight excluding hydrogens is 262 g/mol. The Morgan fingerprint density at radius 3 is 2.33 bits per heavy atom. The Bertz CT molecular complexity index is 432. The van der Waals surface area contributed by atoms with Crippen LogP contribution in [0.2, 0.25) is 0 Å². The van der Waals surface area contributed by atoms with Gasteiger partial charge in [0.25, 0.3) is 0 Å². The van der Waals surface area contributed by atoms with Crippen LogP contribution in [0.15, 0.2) is 24.3 Å². The van der Waals surface area contributed by atoms with E-state index < -0.39 is 5.97 Å². The van der Waals surface area contributed by atoms with Crippen molar-refractivity contribution in [2.45, 2.75) is 64.8 Å². The maximum atomic E-state index is 11.0. The molecule has 3 nitrogen and oxygen atoms in total. The van der Waals surface area contributed by atoms with Crippen LogP contribution >= 0.6 is 0 Å². The van der Waals surface area contributed by atoms with Crippen LogP contribution < -0.4 is 5.32 Å². The van der Waals surface area contributed by atoms with Gasteiger partial charge in [-0.25, -0.2) is 0 Å². The lowest BCUT2D eigenvalue weighted by atomic mass is 9.86. The summed E-state index contributed by atoms with van der Waals surface area (Å²) in [7, 11) is 0. The number of unbranched alkanes of at least 4 members (excludes halogenated alkanes) is 1. The molecule has 0 aliphatic carbocycles. The van der Waals surface area contributed by atoms with Crippen LogP contribution in [0.1, 0.15) is 58.1 Å². The van der Waals surface area contributed by atoms with Crippen molar-refractivity contribution in [1.82, 2.24) is 5.32 Å². The Labute approximate surface area is 128 Å². The molecule has 0 aliphatic heterocycles. The molecule has 0 aliphatic rings. The summed E-state index contributed by atoms with van der Waals surface area (Å²) < 4.78 is 0. The highest BCUT2D eigenvalue weighted by molar-refractivity contribution is 5.67. The minimum absolute atomic E-state index is 0.00883. The van der Waals surface area contributed by atoms with Crippen molar-refractivity contribution in [2.75, 3.05) is 6.54 Å². The molecule has 0 saturated carbocycles. The van der Waals surface area contributed by atoms with E-state index in [-0.39, 0.29) is 17.9 Å². The van der Waals surface area contributed by atoms with Crippen LogP contribution in [-0.2, 0) is 16.6 Å². The molecule has 118 valence electrons. The fraction of sp³-hybridized carbons (Fsp3) is 0.611. The van der Waals surface area contributed by atoms with Crippen LogP contribution in [0.3, 0.4) is 0 Å². The van der Waals surface area contributed by atoms with E-state index in [9.17, 15) is 4.79 Å². The lowest BCUT2D eigenvalue weighted by molar-refractivity contribution is -0.137. The molecule has 1 aromatic carbocycles. The standard InChI is InChI=1S/C18H29NO2/c1-5-6-11-19-16(13-17(20)21)12-14-7-9-15(10-8-14)18(2,3)4/h7-10,16,19H,5-6,11-13H2,1-4H3,(H,20,21). The van der Waals surface area contributed by atoms with Gasteiger partial charge >= 0.3 is 5.97 Å². The Morgan fingerprint density at radius 2 is 1.86 bits per heavy atom. The first-order chi connectivity index (χ1) is 9.82. The SMILES string of the molecule is CCCCNC(CC(=O)O)Cc1ccc(C(C)(C)C)cc1. The number of carboxylic acids is 1. The molecule has 2 N–H and O–H groups in total. The van der Waals surface area contributed by atoms with Gasteiger partial charge in [-0.2, -0.15) is 0 Å². The number of carboxylic acid groups (broad SMARTS) is 1. The first-order valence-corrected chi connectivity index (χ1v) is 7.87. The Hall–Kier alpha value is -1.35. The maximum Gasteiger partial charge on any atom is 0.304 e. The molecular formula is C18H29NO2. The van der Waals surface area contributed by atoms with E-state index in [1.807, 2.05) is 0 Å². The topological polar surface area (TPSA) is 49.3 Å². The van der Waals surface area contributed by atoms with Crippen LogP contribution in [0.4, 0.5) is 0 Å². The molecule has 3 heteroatoms. The monoisotopic (exact) mass is 291 g/mol. The van der Waals surface area contributed by atoms with E-state index in [2.05, 4.69) is 57.3 Å². The average molecular weight is 291 g/mol. The lowest BCUT2D eigenvalue weighted by Crippen LogP contribution is -2.34. The number of aliphatic carboxylic acids is 1. The number of hydrogen-bond donors (Lipinski definition) is 2. The summed E-state index contributed by atoms with van der Waals surface area (Å²) in [6.45, 7) is 9.61. The molecule has 0 heterocycles. The van der Waals surface area contributed by atoms with Crippen LogP contribution in [0, 0.1) is 0 Å². The predicted molar refractivity (Wildman–Crippen MR) is 87.8 cm³/mol. The van der Waals surface area contributed by atoms with Crippen molar-refractivity contribution in [3.63, 3.8) is 0 Å². The first-order valence-electron chi connectivity index (χ1n) is 7.87. The van der Waals surface area contributed by atoms with Gasteiger partial charge < -0.3 is 10.4 Å². The highest BCUT2D eigenvalue weighted by Crippen LogP contribution is 2.22. The van der Waals surface area contributed by atoms with Gasteiger partial charge in [-0.15, -0.1) is 0 Å². The number of nitrogens with one attached hydrogen (secondary N) is 1. The number of rotatable bonds is 8. The second kappa shape index (κ2) is 8.18. The molecule has 1 atom stereocenters. The summed E-state index contributed by atoms with van der Waals surface area (Å²) in [5.74, 6) is -0.740. The number of carbonyl (C=O) groups is 1. The largest absolute Gasteiger partial charge is 0.481 e. The second-order valence-electron chi connectivity index (χ2n) is 6.75. The van der Waals surface area contributed by atoms with E-state index in [0.717, 1.165) is 25.8 Å². The highest BCUT2D eigenvalue weighted by atomic mass is 16.4. The minimum atomic E-state index is -0.740. The third-order valence-electron chi connectivity index (χ3n) is 3.69. The van der Waals surface area contributed by atoms with Crippen molar-refractivity contribution >= 4 is 5.97 Å². The van der Waals surface area contributed by atoms with Gasteiger partial charge in [-0.3, -0.25) is 4.79 Å². The summed E-state index contributed by atoms with van der Waals surface area (Å²) in [5, 5.41) is 12.4. The first kappa shape index (κ1) is 17.7. The highest BCUT2D eigenvalue weighted by Gasteiger charge is 2.15. The van der Waals surface area contributed by atoms with Gasteiger partial charge in [-0.1, -0.05) is 58.4 Å². The zero-order valence-corrected chi connectivity index (χ0v) is 13.8. The lowest BCUT2D eigenvalue weighted by Gasteiger charge is -2.20. The molecule has 0 fully saturated rings. The quantitative estimate of drug-likeness (QED) is 0.717. The van der Waals surface area contributed by atoms with Crippen molar-refractivity contribution in [2.24, 2.45) is 0 Å². The molecule has 0 spiro atoms. The Kier molecular flexibility index (Phi) is 6.90. The summed E-state index contributed by atoms with van der Waals surface area (Å²) in [6, 6.07) is 8.56. The second-order valence-corrected chi connectivity index (χ2v) is 6.75. The van der Waals surface area contributed by atoms with Gasteiger partial charge in [0.1, 0.15) is 0 Å². The fourth-order valence-corrected chi connectivity index (χ4v) is 2.34. The van der Waals surface area contributed by atoms with E-state index >= 15 is 0 Å². The van der Waals surface area contributed by atoms with Gasteiger partial charge in [0, 0.05) is 6.04 Å². The number of hydrogen-bond acceptors (Lipinski definition) is 2. The molecule has 0 amide bonds. The summed E-state index contributed by atoms with van der Waals surface area (Å²) in [5.41, 5.74) is 2.65. The predicted octanol–water partition coefficient (Wildman–Crippen LogP) is 3.76. The van der Waals surface area contributed by atoms with Crippen molar-refractivity contribution in [3.05, 3.63) is 35.4 Å². The van der Waals surface area contributed by atoms with Gasteiger partial charge in [0.15, 0.2) is 0 Å². The molecule has 0 radical (unpaired) electrons. The summed E-state index contributed by atoms with van der Waals surface area (Å²) in [4.78, 5) is 11.0. The van der Waals surface area contributed by atoms with Crippen molar-refractivity contribution in [3.8, 4) is 0 Å². The fourth-order valence-electron chi connectivity index (χ4n) is 2.34. The number of benzene rings is 1. The smallest absolute Gasteiger partial charge is 0.304 e. The molecule has 0 saturated heterocycles. The normalized spacial score (nSPS) is 13.1. The van der Waals surface area contributed by atoms with Crippen LogP contribution in [-0.4, -0.2) is 23.7 Å². The molecule has 1 aromatic rings. The van der Waals surface area contributed by atoms with Gasteiger partial charge in [-0.05, 0) is 35.9 Å². The Balaban J connectivity index is 2.66. The maximum absolute atomic E-state index is 11.0. The average Bonchev–Trinajstić information content (AvgIpc) is 2.37. The van der Waals surface area contributed by atoms with Gasteiger partial charge in [0.05, 0.1) is 6.42 Å². The zero-order valence-electron chi connectivity index (χ0n) is 13.8. The summed E-state index contributed by atoms with van der Waals surface area (Å²) >= 11 is 0. The Morgan fingerprint density at radius 1 is 1.24 bits per heavy atom. The molecule has 0 aromatic heterocycles. The minimum Gasteiger partial charge on any atom is -0.481 e. The van der Waals surface area contributed by atoms with E-state index in [1.165, 1.54) is 11.1 Å². The van der Waals surface area contributed by atoms with Crippen molar-refractivity contribution in [1.29, 1.82) is 0 Å². The third-order valence-corrected chi connectivity index (χ3v) is 3.69. The molecule has 0 bridgehead atoms. The van der Waals surface area contributed by atoms with E-state index in [4.69, 9.17) is 5.11 Å². The molecule has 21 heavy (non-hydrogen) atoms.